The maximum Gasteiger partial charge on any atom is 0.397 e. The molecule has 3 aromatic rings. The summed E-state index contributed by atoms with van der Waals surface area (Å²) in [6.45, 7) is 5.44. The number of pyridine rings is 1. The van der Waals surface area contributed by atoms with Gasteiger partial charge in [-0.1, -0.05) is 0 Å². The van der Waals surface area contributed by atoms with Crippen LogP contribution in [0.3, 0.4) is 0 Å². The van der Waals surface area contributed by atoms with Crippen LogP contribution in [-0.2, 0) is 0 Å². The Bertz CT molecular complexity index is 1130. The summed E-state index contributed by atoms with van der Waals surface area (Å²) in [5.41, 5.74) is -1.58. The van der Waals surface area contributed by atoms with E-state index < -0.39 is 18.2 Å². The molecule has 1 N–H and O–H groups in total. The third-order valence-corrected chi connectivity index (χ3v) is 7.47. The quantitative estimate of drug-likeness (QED) is 0.566. The fraction of sp³-hybridized carbons (Fsp3) is 0.619. The molecule has 8 nitrogen and oxygen atoms in total. The number of halogens is 3. The number of aryl methyl sites for hydroxylation is 1. The van der Waals surface area contributed by atoms with E-state index in [1.807, 2.05) is 6.92 Å². The molecule has 1 aliphatic heterocycles. The zero-order valence-electron chi connectivity index (χ0n) is 18.6. The van der Waals surface area contributed by atoms with E-state index in [0.717, 1.165) is 50.7 Å². The average molecular weight is 482 g/mol. The van der Waals surface area contributed by atoms with Crippen LogP contribution < -0.4 is 15.0 Å². The number of hydrogen-bond acceptors (Lipinski definition) is 8. The number of nitrogens with one attached hydrogen (secondary N) is 1. The minimum absolute atomic E-state index is 0.237. The Morgan fingerprint density at radius 2 is 1.91 bits per heavy atom. The molecule has 33 heavy (non-hydrogen) atoms. The summed E-state index contributed by atoms with van der Waals surface area (Å²) in [7, 11) is 0. The van der Waals surface area contributed by atoms with Crippen LogP contribution in [0.2, 0.25) is 0 Å². The van der Waals surface area contributed by atoms with Crippen LogP contribution in [0.4, 0.5) is 24.3 Å². The molecule has 0 radical (unpaired) electrons. The predicted molar refractivity (Wildman–Crippen MR) is 119 cm³/mol. The van der Waals surface area contributed by atoms with Gasteiger partial charge in [-0.2, -0.15) is 22.5 Å². The van der Waals surface area contributed by atoms with E-state index in [4.69, 9.17) is 4.74 Å². The van der Waals surface area contributed by atoms with Crippen molar-refractivity contribution in [2.24, 2.45) is 17.3 Å². The second-order valence-electron chi connectivity index (χ2n) is 9.54. The molecule has 5 rings (SSSR count). The van der Waals surface area contributed by atoms with Crippen molar-refractivity contribution in [3.8, 4) is 5.75 Å². The molecule has 0 amide bonds. The third kappa shape index (κ3) is 4.20. The van der Waals surface area contributed by atoms with Crippen LogP contribution in [0.15, 0.2) is 18.3 Å². The van der Waals surface area contributed by atoms with Gasteiger partial charge in [0.2, 0.25) is 11.1 Å². The maximum atomic E-state index is 13.2. The number of ether oxygens (including phenoxy) is 1. The molecule has 2 bridgehead atoms. The fourth-order valence-corrected chi connectivity index (χ4v) is 5.27. The summed E-state index contributed by atoms with van der Waals surface area (Å²) in [6.07, 6.45) is -0.417. The molecule has 12 heteroatoms. The zero-order chi connectivity index (χ0) is 23.4. The number of nitrogens with zero attached hydrogens (tertiary/aromatic N) is 6. The molecule has 0 unspecified atom stereocenters. The van der Waals surface area contributed by atoms with Gasteiger partial charge in [-0.05, 0) is 57.6 Å². The zero-order valence-corrected chi connectivity index (χ0v) is 19.4. The second-order valence-corrected chi connectivity index (χ2v) is 10.3. The van der Waals surface area contributed by atoms with Crippen molar-refractivity contribution in [3.05, 3.63) is 24.2 Å². The smallest absolute Gasteiger partial charge is 0.397 e. The minimum atomic E-state index is -4.36. The number of hydrogen-bond donors (Lipinski definition) is 1. The van der Waals surface area contributed by atoms with Gasteiger partial charge in [0.25, 0.3) is 0 Å². The van der Waals surface area contributed by atoms with E-state index in [2.05, 4.69) is 29.7 Å². The van der Waals surface area contributed by atoms with Gasteiger partial charge in [-0.3, -0.25) is 0 Å². The second kappa shape index (κ2) is 8.00. The highest BCUT2D eigenvalue weighted by Gasteiger charge is 2.48. The first-order valence-corrected chi connectivity index (χ1v) is 11.7. The van der Waals surface area contributed by atoms with E-state index in [9.17, 15) is 13.2 Å². The molecule has 2 fully saturated rings. The van der Waals surface area contributed by atoms with Gasteiger partial charge in [0, 0.05) is 36.9 Å². The average Bonchev–Trinajstić information content (AvgIpc) is 3.41. The Balaban J connectivity index is 1.30. The third-order valence-electron chi connectivity index (χ3n) is 6.60. The van der Waals surface area contributed by atoms with Crippen molar-refractivity contribution >= 4 is 28.3 Å². The SMILES string of the molecule is Cc1nsc(N2C[C@H]3CC[C@@H](C2)[C@@H]3Nc2nc3c(OCC(C)(C)C(F)(F)F)cccn3n2)n1. The van der Waals surface area contributed by atoms with E-state index in [-0.39, 0.29) is 11.8 Å². The highest BCUT2D eigenvalue weighted by Crippen LogP contribution is 2.41. The van der Waals surface area contributed by atoms with Crippen molar-refractivity contribution in [2.75, 3.05) is 29.9 Å². The number of rotatable bonds is 6. The van der Waals surface area contributed by atoms with Gasteiger partial charge in [-0.15, -0.1) is 5.10 Å². The normalized spacial score (nSPS) is 23.3. The number of alkyl halides is 3. The van der Waals surface area contributed by atoms with Crippen LogP contribution in [0.5, 0.6) is 5.75 Å². The topological polar surface area (TPSA) is 80.5 Å². The van der Waals surface area contributed by atoms with Crippen molar-refractivity contribution in [3.63, 3.8) is 0 Å². The molecule has 1 saturated carbocycles. The molecule has 1 aliphatic carbocycles. The molecular formula is C21H26F3N7OS. The van der Waals surface area contributed by atoms with Crippen LogP contribution in [0.25, 0.3) is 5.65 Å². The van der Waals surface area contributed by atoms with E-state index in [0.29, 0.717) is 23.4 Å². The molecule has 178 valence electrons. The van der Waals surface area contributed by atoms with E-state index in [1.165, 1.54) is 11.5 Å². The fourth-order valence-electron chi connectivity index (χ4n) is 4.57. The van der Waals surface area contributed by atoms with Gasteiger partial charge in [0.15, 0.2) is 11.4 Å². The highest BCUT2D eigenvalue weighted by atomic mass is 32.1. The first kappa shape index (κ1) is 22.2. The number of piperidine rings is 1. The molecule has 4 heterocycles. The molecular weight excluding hydrogens is 455 g/mol. The molecule has 3 atom stereocenters. The summed E-state index contributed by atoms with van der Waals surface area (Å²) in [5, 5.41) is 8.96. The number of fused-ring (bicyclic) bond motifs is 3. The first-order chi connectivity index (χ1) is 15.6. The summed E-state index contributed by atoms with van der Waals surface area (Å²) >= 11 is 1.44. The van der Waals surface area contributed by atoms with Crippen LogP contribution >= 0.6 is 11.5 Å². The lowest BCUT2D eigenvalue weighted by Crippen LogP contribution is -2.48. The minimum Gasteiger partial charge on any atom is -0.489 e. The lowest BCUT2D eigenvalue weighted by atomic mass is 9.92. The summed E-state index contributed by atoms with van der Waals surface area (Å²) in [5.74, 6) is 2.40. The Morgan fingerprint density at radius 1 is 1.18 bits per heavy atom. The Hall–Kier alpha value is -2.63. The molecule has 0 aromatic carbocycles. The van der Waals surface area contributed by atoms with Gasteiger partial charge < -0.3 is 15.0 Å². The number of anilines is 2. The van der Waals surface area contributed by atoms with Crippen molar-refractivity contribution in [1.29, 1.82) is 0 Å². The lowest BCUT2D eigenvalue weighted by Gasteiger charge is -2.37. The highest BCUT2D eigenvalue weighted by molar-refractivity contribution is 7.09. The van der Waals surface area contributed by atoms with Crippen molar-refractivity contribution in [2.45, 2.75) is 45.8 Å². The van der Waals surface area contributed by atoms with Gasteiger partial charge >= 0.3 is 6.18 Å². The Kier molecular flexibility index (Phi) is 5.37. The first-order valence-electron chi connectivity index (χ1n) is 11.0. The van der Waals surface area contributed by atoms with Gasteiger partial charge in [-0.25, -0.2) is 9.50 Å². The van der Waals surface area contributed by atoms with Crippen molar-refractivity contribution in [1.82, 2.24) is 24.0 Å². The largest absolute Gasteiger partial charge is 0.489 e. The lowest BCUT2D eigenvalue weighted by molar-refractivity contribution is -0.219. The summed E-state index contributed by atoms with van der Waals surface area (Å²) < 4.78 is 51.0. The summed E-state index contributed by atoms with van der Waals surface area (Å²) in [4.78, 5) is 11.4. The van der Waals surface area contributed by atoms with Crippen molar-refractivity contribution < 1.29 is 17.9 Å². The van der Waals surface area contributed by atoms with Gasteiger partial charge in [0.05, 0.1) is 5.41 Å². The maximum absolute atomic E-state index is 13.2. The molecule has 1 saturated heterocycles. The number of aromatic nitrogens is 5. The standard InChI is InChI=1S/C21H26F3N7OS/c1-12-25-19(33-29-12)30-9-13-6-7-14(10-30)16(13)26-18-27-17-15(5-4-8-31(17)28-18)32-11-20(2,3)21(22,23)24/h4-5,8,13-14,16H,6-7,9-11H2,1-3H3,(H,26,28)/t13-,14+,16-. The Morgan fingerprint density at radius 3 is 2.55 bits per heavy atom. The Labute approximate surface area is 193 Å². The monoisotopic (exact) mass is 481 g/mol. The van der Waals surface area contributed by atoms with Crippen LogP contribution in [-0.4, -0.2) is 55.9 Å². The molecule has 2 aliphatic rings. The van der Waals surface area contributed by atoms with Crippen LogP contribution in [0.1, 0.15) is 32.5 Å². The molecule has 3 aromatic heterocycles. The van der Waals surface area contributed by atoms with Gasteiger partial charge in [0.1, 0.15) is 12.4 Å². The van der Waals surface area contributed by atoms with Crippen LogP contribution in [0, 0.1) is 24.2 Å². The van der Waals surface area contributed by atoms with E-state index >= 15 is 0 Å². The van der Waals surface area contributed by atoms with E-state index in [1.54, 1.807) is 22.8 Å². The predicted octanol–water partition coefficient (Wildman–Crippen LogP) is 4.18. The summed E-state index contributed by atoms with van der Waals surface area (Å²) in [6, 6.07) is 3.54. The molecule has 0 spiro atoms.